The van der Waals surface area contributed by atoms with E-state index in [0.29, 0.717) is 18.1 Å². The van der Waals surface area contributed by atoms with Crippen molar-refractivity contribution in [3.63, 3.8) is 0 Å². The molecule has 1 aliphatic rings. The Kier molecular flexibility index (Phi) is 7.49. The molecule has 1 heterocycles. The van der Waals surface area contributed by atoms with Crippen LogP contribution in [0.2, 0.25) is 5.02 Å². The molecule has 154 valence electrons. The van der Waals surface area contributed by atoms with Crippen molar-refractivity contribution >= 4 is 29.3 Å². The minimum atomic E-state index is -0.300. The van der Waals surface area contributed by atoms with Gasteiger partial charge in [-0.1, -0.05) is 41.9 Å². The molecule has 0 atom stereocenters. The minimum absolute atomic E-state index is 0.0771. The Morgan fingerprint density at radius 1 is 1.03 bits per heavy atom. The van der Waals surface area contributed by atoms with Gasteiger partial charge < -0.3 is 15.0 Å². The lowest BCUT2D eigenvalue weighted by Gasteiger charge is -2.22. The second-order valence-corrected chi connectivity index (χ2v) is 7.55. The molecule has 0 unspecified atom stereocenters. The molecule has 0 aliphatic carbocycles. The quantitative estimate of drug-likeness (QED) is 0.797. The number of carbonyl (C=O) groups excluding carboxylic acids is 2. The molecule has 1 aliphatic heterocycles. The van der Waals surface area contributed by atoms with Gasteiger partial charge in [0.2, 0.25) is 5.91 Å². The van der Waals surface area contributed by atoms with Gasteiger partial charge in [0.1, 0.15) is 6.61 Å². The lowest BCUT2D eigenvalue weighted by atomic mass is 10.2. The predicted molar refractivity (Wildman–Crippen MR) is 114 cm³/mol. The standard InChI is InChI=1S/C22H26ClN3O3/c1-17(27)24-20-9-7-18(8-10-20)15-25-11-4-12-26(14-13-25)22(28)29-16-19-5-2-3-6-21(19)23/h2-3,5-10H,4,11-16H2,1H3,(H,24,27). The van der Waals surface area contributed by atoms with Crippen LogP contribution in [0.5, 0.6) is 0 Å². The Balaban J connectivity index is 1.47. The molecule has 0 bridgehead atoms. The number of benzene rings is 2. The van der Waals surface area contributed by atoms with E-state index >= 15 is 0 Å². The number of hydrogen-bond acceptors (Lipinski definition) is 4. The summed E-state index contributed by atoms with van der Waals surface area (Å²) in [5.41, 5.74) is 2.78. The molecule has 2 amide bonds. The van der Waals surface area contributed by atoms with E-state index in [2.05, 4.69) is 10.2 Å². The van der Waals surface area contributed by atoms with E-state index in [-0.39, 0.29) is 18.6 Å². The van der Waals surface area contributed by atoms with E-state index in [1.165, 1.54) is 12.5 Å². The van der Waals surface area contributed by atoms with E-state index in [1.54, 1.807) is 11.0 Å². The summed E-state index contributed by atoms with van der Waals surface area (Å²) in [6.07, 6.45) is 0.594. The van der Waals surface area contributed by atoms with Gasteiger partial charge in [0.25, 0.3) is 0 Å². The van der Waals surface area contributed by atoms with E-state index in [1.807, 2.05) is 42.5 Å². The van der Waals surface area contributed by atoms with Crippen LogP contribution in [-0.4, -0.2) is 48.0 Å². The van der Waals surface area contributed by atoms with E-state index in [0.717, 1.165) is 37.3 Å². The molecular formula is C22H26ClN3O3. The molecule has 0 spiro atoms. The van der Waals surface area contributed by atoms with Crippen LogP contribution in [0.3, 0.4) is 0 Å². The first-order chi connectivity index (χ1) is 14.0. The third kappa shape index (κ3) is 6.48. The smallest absolute Gasteiger partial charge is 0.410 e. The molecule has 2 aromatic carbocycles. The van der Waals surface area contributed by atoms with E-state index < -0.39 is 0 Å². The van der Waals surface area contributed by atoms with Crippen LogP contribution >= 0.6 is 11.6 Å². The second kappa shape index (κ2) is 10.3. The highest BCUT2D eigenvalue weighted by atomic mass is 35.5. The zero-order valence-electron chi connectivity index (χ0n) is 16.6. The zero-order chi connectivity index (χ0) is 20.6. The normalized spacial score (nSPS) is 14.9. The number of nitrogens with zero attached hydrogens (tertiary/aromatic N) is 2. The molecule has 0 saturated carbocycles. The number of anilines is 1. The van der Waals surface area contributed by atoms with Gasteiger partial charge >= 0.3 is 6.09 Å². The Labute approximate surface area is 176 Å². The van der Waals surface area contributed by atoms with Crippen molar-refractivity contribution in [1.82, 2.24) is 9.80 Å². The van der Waals surface area contributed by atoms with Crippen molar-refractivity contribution in [3.05, 3.63) is 64.7 Å². The Morgan fingerprint density at radius 2 is 1.79 bits per heavy atom. The largest absolute Gasteiger partial charge is 0.444 e. The molecule has 1 fully saturated rings. The fourth-order valence-corrected chi connectivity index (χ4v) is 3.50. The van der Waals surface area contributed by atoms with Crippen molar-refractivity contribution in [2.24, 2.45) is 0 Å². The van der Waals surface area contributed by atoms with Crippen molar-refractivity contribution in [2.75, 3.05) is 31.5 Å². The summed E-state index contributed by atoms with van der Waals surface area (Å²) in [4.78, 5) is 27.6. The molecule has 1 N–H and O–H groups in total. The van der Waals surface area contributed by atoms with Gasteiger partial charge in [-0.2, -0.15) is 0 Å². The SMILES string of the molecule is CC(=O)Nc1ccc(CN2CCCN(C(=O)OCc3ccccc3Cl)CC2)cc1. The third-order valence-electron chi connectivity index (χ3n) is 4.84. The summed E-state index contributed by atoms with van der Waals surface area (Å²) in [6, 6.07) is 15.2. The summed E-state index contributed by atoms with van der Waals surface area (Å²) < 4.78 is 5.45. The first kappa shape index (κ1) is 21.1. The molecule has 7 heteroatoms. The molecule has 2 aromatic rings. The third-order valence-corrected chi connectivity index (χ3v) is 5.20. The highest BCUT2D eigenvalue weighted by molar-refractivity contribution is 6.31. The van der Waals surface area contributed by atoms with Gasteiger partial charge in [-0.15, -0.1) is 0 Å². The lowest BCUT2D eigenvalue weighted by molar-refractivity contribution is -0.114. The van der Waals surface area contributed by atoms with Gasteiger partial charge in [0.15, 0.2) is 0 Å². The molecule has 29 heavy (non-hydrogen) atoms. The number of rotatable bonds is 5. The van der Waals surface area contributed by atoms with Gasteiger partial charge in [-0.05, 0) is 30.2 Å². The average Bonchev–Trinajstić information content (AvgIpc) is 2.94. The fraction of sp³-hybridized carbons (Fsp3) is 0.364. The Bertz CT molecular complexity index is 841. The molecule has 0 radical (unpaired) electrons. The maximum absolute atomic E-state index is 12.4. The highest BCUT2D eigenvalue weighted by Gasteiger charge is 2.20. The van der Waals surface area contributed by atoms with Crippen LogP contribution < -0.4 is 5.32 Å². The van der Waals surface area contributed by atoms with Crippen molar-refractivity contribution in [2.45, 2.75) is 26.5 Å². The van der Waals surface area contributed by atoms with Crippen LogP contribution in [0, 0.1) is 0 Å². The Morgan fingerprint density at radius 3 is 2.52 bits per heavy atom. The maximum Gasteiger partial charge on any atom is 0.410 e. The maximum atomic E-state index is 12.4. The van der Waals surface area contributed by atoms with Gasteiger partial charge in [0, 0.05) is 55.9 Å². The second-order valence-electron chi connectivity index (χ2n) is 7.14. The lowest BCUT2D eigenvalue weighted by Crippen LogP contribution is -2.35. The molecule has 1 saturated heterocycles. The summed E-state index contributed by atoms with van der Waals surface area (Å²) in [5.74, 6) is -0.0771. The molecule has 3 rings (SSSR count). The number of nitrogens with one attached hydrogen (secondary N) is 1. The monoisotopic (exact) mass is 415 g/mol. The Hall–Kier alpha value is -2.57. The van der Waals surface area contributed by atoms with Crippen LogP contribution in [0.15, 0.2) is 48.5 Å². The number of hydrogen-bond donors (Lipinski definition) is 1. The summed E-state index contributed by atoms with van der Waals surface area (Å²) in [7, 11) is 0. The first-order valence-corrected chi connectivity index (χ1v) is 10.1. The van der Waals surface area contributed by atoms with Gasteiger partial charge in [-0.25, -0.2) is 4.79 Å². The summed E-state index contributed by atoms with van der Waals surface area (Å²) in [6.45, 7) is 5.50. The van der Waals surface area contributed by atoms with Crippen molar-refractivity contribution < 1.29 is 14.3 Å². The van der Waals surface area contributed by atoms with Crippen LogP contribution in [0.25, 0.3) is 0 Å². The highest BCUT2D eigenvalue weighted by Crippen LogP contribution is 2.17. The van der Waals surface area contributed by atoms with Crippen molar-refractivity contribution in [1.29, 1.82) is 0 Å². The van der Waals surface area contributed by atoms with Crippen molar-refractivity contribution in [3.8, 4) is 0 Å². The molecule has 6 nitrogen and oxygen atoms in total. The van der Waals surface area contributed by atoms with E-state index in [9.17, 15) is 9.59 Å². The number of carbonyl (C=O) groups is 2. The van der Waals surface area contributed by atoms with Crippen LogP contribution in [0.1, 0.15) is 24.5 Å². The average molecular weight is 416 g/mol. The number of amides is 2. The number of ether oxygens (including phenoxy) is 1. The zero-order valence-corrected chi connectivity index (χ0v) is 17.3. The molecule has 0 aromatic heterocycles. The van der Waals surface area contributed by atoms with Gasteiger partial charge in [0.05, 0.1) is 0 Å². The predicted octanol–water partition coefficient (Wildman–Crippen LogP) is 4.14. The first-order valence-electron chi connectivity index (χ1n) is 9.75. The molecular weight excluding hydrogens is 390 g/mol. The fourth-order valence-electron chi connectivity index (χ4n) is 3.31. The van der Waals surface area contributed by atoms with E-state index in [4.69, 9.17) is 16.3 Å². The van der Waals surface area contributed by atoms with Gasteiger partial charge in [-0.3, -0.25) is 9.69 Å². The van der Waals surface area contributed by atoms with Crippen LogP contribution in [-0.2, 0) is 22.7 Å². The van der Waals surface area contributed by atoms with Crippen LogP contribution in [0.4, 0.5) is 10.5 Å². The summed E-state index contributed by atoms with van der Waals surface area (Å²) in [5, 5.41) is 3.38. The number of halogens is 1. The topological polar surface area (TPSA) is 61.9 Å². The summed E-state index contributed by atoms with van der Waals surface area (Å²) >= 11 is 6.12. The minimum Gasteiger partial charge on any atom is -0.444 e.